The molecule has 19 heavy (non-hydrogen) atoms. The molecule has 106 valence electrons. The third kappa shape index (κ3) is 4.18. The summed E-state index contributed by atoms with van der Waals surface area (Å²) in [4.78, 5) is 13.9. The summed E-state index contributed by atoms with van der Waals surface area (Å²) in [5.74, 6) is 0.0832. The number of carbonyl (C=O) groups is 1. The van der Waals surface area contributed by atoms with Crippen molar-refractivity contribution in [3.8, 4) is 0 Å². The first-order valence-electron chi connectivity index (χ1n) is 6.42. The van der Waals surface area contributed by atoms with Gasteiger partial charge < -0.3 is 10.6 Å². The molecule has 1 amide bonds. The van der Waals surface area contributed by atoms with Crippen LogP contribution < -0.4 is 5.73 Å². The van der Waals surface area contributed by atoms with Gasteiger partial charge in [0.1, 0.15) is 5.82 Å². The second-order valence-corrected chi connectivity index (χ2v) is 4.85. The van der Waals surface area contributed by atoms with Gasteiger partial charge in [-0.1, -0.05) is 18.2 Å². The first kappa shape index (κ1) is 15.9. The van der Waals surface area contributed by atoms with E-state index >= 15 is 0 Å². The Hall–Kier alpha value is -1.13. The van der Waals surface area contributed by atoms with Crippen LogP contribution >= 0.6 is 12.4 Å². The molecule has 0 bridgehead atoms. The van der Waals surface area contributed by atoms with Gasteiger partial charge in [-0.05, 0) is 36.9 Å². The van der Waals surface area contributed by atoms with Crippen molar-refractivity contribution < 1.29 is 9.18 Å². The Morgan fingerprint density at radius 2 is 2.16 bits per heavy atom. The van der Waals surface area contributed by atoms with Crippen LogP contribution in [0.1, 0.15) is 18.4 Å². The van der Waals surface area contributed by atoms with Crippen molar-refractivity contribution in [2.75, 3.05) is 19.6 Å². The summed E-state index contributed by atoms with van der Waals surface area (Å²) in [5, 5.41) is 0. The molecular formula is C14H20ClFN2O. The van der Waals surface area contributed by atoms with Crippen LogP contribution in [0.2, 0.25) is 0 Å². The van der Waals surface area contributed by atoms with Gasteiger partial charge in [-0.25, -0.2) is 4.39 Å². The summed E-state index contributed by atoms with van der Waals surface area (Å²) in [6.45, 7) is 2.09. The van der Waals surface area contributed by atoms with Crippen LogP contribution in [-0.4, -0.2) is 30.4 Å². The number of rotatable bonds is 3. The Balaban J connectivity index is 0.00000180. The Bertz CT molecular complexity index is 428. The summed E-state index contributed by atoms with van der Waals surface area (Å²) in [6.07, 6.45) is 2.22. The fourth-order valence-electron chi connectivity index (χ4n) is 2.40. The van der Waals surface area contributed by atoms with Gasteiger partial charge in [0.15, 0.2) is 0 Å². The van der Waals surface area contributed by atoms with Crippen LogP contribution in [0.25, 0.3) is 0 Å². The van der Waals surface area contributed by atoms with Gasteiger partial charge in [-0.15, -0.1) is 12.4 Å². The average Bonchev–Trinajstić information content (AvgIpc) is 2.41. The van der Waals surface area contributed by atoms with E-state index in [9.17, 15) is 9.18 Å². The van der Waals surface area contributed by atoms with Crippen LogP contribution in [0.4, 0.5) is 4.39 Å². The predicted molar refractivity (Wildman–Crippen MR) is 75.7 cm³/mol. The molecule has 1 saturated heterocycles. The van der Waals surface area contributed by atoms with E-state index in [2.05, 4.69) is 0 Å². The molecule has 1 aromatic carbocycles. The van der Waals surface area contributed by atoms with E-state index in [0.717, 1.165) is 19.4 Å². The van der Waals surface area contributed by atoms with Gasteiger partial charge >= 0.3 is 0 Å². The zero-order chi connectivity index (χ0) is 13.0. The number of piperidine rings is 1. The average molecular weight is 287 g/mol. The third-order valence-electron chi connectivity index (χ3n) is 3.50. The van der Waals surface area contributed by atoms with Gasteiger partial charge in [0.25, 0.3) is 0 Å². The minimum Gasteiger partial charge on any atom is -0.342 e. The minimum atomic E-state index is -0.307. The molecule has 2 N–H and O–H groups in total. The van der Waals surface area contributed by atoms with E-state index in [1.807, 2.05) is 4.90 Å². The quantitative estimate of drug-likeness (QED) is 0.924. The zero-order valence-corrected chi connectivity index (χ0v) is 11.7. The highest BCUT2D eigenvalue weighted by Crippen LogP contribution is 2.17. The lowest BCUT2D eigenvalue weighted by Gasteiger charge is -2.32. The van der Waals surface area contributed by atoms with E-state index in [1.165, 1.54) is 6.07 Å². The van der Waals surface area contributed by atoms with Crippen LogP contribution in [0, 0.1) is 11.7 Å². The van der Waals surface area contributed by atoms with E-state index in [1.54, 1.807) is 18.2 Å². The highest BCUT2D eigenvalue weighted by molar-refractivity contribution is 5.85. The van der Waals surface area contributed by atoms with Gasteiger partial charge in [-0.2, -0.15) is 0 Å². The van der Waals surface area contributed by atoms with Crippen molar-refractivity contribution in [2.24, 2.45) is 11.7 Å². The normalized spacial score (nSPS) is 18.8. The van der Waals surface area contributed by atoms with Gasteiger partial charge in [0.05, 0.1) is 6.42 Å². The maximum Gasteiger partial charge on any atom is 0.227 e. The summed E-state index contributed by atoms with van der Waals surface area (Å²) in [7, 11) is 0. The maximum atomic E-state index is 13.5. The van der Waals surface area contributed by atoms with Gasteiger partial charge in [0, 0.05) is 13.1 Å². The summed E-state index contributed by atoms with van der Waals surface area (Å²) in [5.41, 5.74) is 6.11. The van der Waals surface area contributed by atoms with Crippen LogP contribution in [0.15, 0.2) is 24.3 Å². The standard InChI is InChI=1S/C14H19FN2O.ClH/c15-13-6-2-1-5-12(13)8-14(18)17-7-3-4-11(9-16)10-17;/h1-2,5-6,11H,3-4,7-10,16H2;1H. The van der Waals surface area contributed by atoms with Crippen LogP contribution in [0.5, 0.6) is 0 Å². The Labute approximate surface area is 119 Å². The van der Waals surface area contributed by atoms with E-state index in [4.69, 9.17) is 5.73 Å². The molecule has 1 aliphatic rings. The van der Waals surface area contributed by atoms with Crippen molar-refractivity contribution in [1.82, 2.24) is 4.90 Å². The number of hydrogen-bond acceptors (Lipinski definition) is 2. The molecule has 0 aliphatic carbocycles. The van der Waals surface area contributed by atoms with E-state index in [0.29, 0.717) is 24.6 Å². The zero-order valence-electron chi connectivity index (χ0n) is 10.8. The predicted octanol–water partition coefficient (Wildman–Crippen LogP) is 1.99. The molecule has 1 heterocycles. The lowest BCUT2D eigenvalue weighted by Crippen LogP contribution is -2.42. The van der Waals surface area contributed by atoms with Gasteiger partial charge in [0.2, 0.25) is 5.91 Å². The Morgan fingerprint density at radius 1 is 1.42 bits per heavy atom. The molecule has 2 rings (SSSR count). The SMILES string of the molecule is Cl.NCC1CCCN(C(=O)Cc2ccccc2F)C1. The van der Waals surface area contributed by atoms with E-state index in [-0.39, 0.29) is 30.6 Å². The fourth-order valence-corrected chi connectivity index (χ4v) is 2.40. The van der Waals surface area contributed by atoms with Crippen molar-refractivity contribution in [3.05, 3.63) is 35.6 Å². The smallest absolute Gasteiger partial charge is 0.227 e. The maximum absolute atomic E-state index is 13.5. The third-order valence-corrected chi connectivity index (χ3v) is 3.50. The van der Waals surface area contributed by atoms with Crippen LogP contribution in [0.3, 0.4) is 0 Å². The second kappa shape index (κ2) is 7.46. The number of benzene rings is 1. The molecule has 0 saturated carbocycles. The number of amides is 1. The lowest BCUT2D eigenvalue weighted by molar-refractivity contribution is -0.132. The molecule has 0 radical (unpaired) electrons. The number of nitrogens with zero attached hydrogens (tertiary/aromatic N) is 1. The fraction of sp³-hybridized carbons (Fsp3) is 0.500. The largest absolute Gasteiger partial charge is 0.342 e. The monoisotopic (exact) mass is 286 g/mol. The molecule has 1 aromatic rings. The van der Waals surface area contributed by atoms with Crippen molar-refractivity contribution in [3.63, 3.8) is 0 Å². The number of carbonyl (C=O) groups excluding carboxylic acids is 1. The highest BCUT2D eigenvalue weighted by Gasteiger charge is 2.23. The van der Waals surface area contributed by atoms with Crippen molar-refractivity contribution >= 4 is 18.3 Å². The highest BCUT2D eigenvalue weighted by atomic mass is 35.5. The lowest BCUT2D eigenvalue weighted by atomic mass is 9.97. The summed E-state index contributed by atoms with van der Waals surface area (Å²) >= 11 is 0. The molecule has 1 unspecified atom stereocenters. The summed E-state index contributed by atoms with van der Waals surface area (Å²) < 4.78 is 13.5. The van der Waals surface area contributed by atoms with Gasteiger partial charge in [-0.3, -0.25) is 4.79 Å². The number of nitrogens with two attached hydrogens (primary N) is 1. The molecule has 1 atom stereocenters. The molecule has 5 heteroatoms. The van der Waals surface area contributed by atoms with E-state index < -0.39 is 0 Å². The Morgan fingerprint density at radius 3 is 2.84 bits per heavy atom. The number of likely N-dealkylation sites (tertiary alicyclic amines) is 1. The first-order valence-corrected chi connectivity index (χ1v) is 6.42. The Kier molecular flexibility index (Phi) is 6.25. The van der Waals surface area contributed by atoms with Crippen molar-refractivity contribution in [2.45, 2.75) is 19.3 Å². The first-order chi connectivity index (χ1) is 8.70. The summed E-state index contributed by atoms with van der Waals surface area (Å²) in [6, 6.07) is 6.44. The minimum absolute atomic E-state index is 0. The molecule has 3 nitrogen and oxygen atoms in total. The number of halogens is 2. The number of hydrogen-bond donors (Lipinski definition) is 1. The molecule has 0 spiro atoms. The molecule has 1 fully saturated rings. The molecule has 0 aromatic heterocycles. The van der Waals surface area contributed by atoms with Crippen molar-refractivity contribution in [1.29, 1.82) is 0 Å². The topological polar surface area (TPSA) is 46.3 Å². The van der Waals surface area contributed by atoms with Crippen LogP contribution in [-0.2, 0) is 11.2 Å². The molecular weight excluding hydrogens is 267 g/mol. The second-order valence-electron chi connectivity index (χ2n) is 4.85. The molecule has 1 aliphatic heterocycles.